The summed E-state index contributed by atoms with van der Waals surface area (Å²) in [7, 11) is 0. The molecule has 0 saturated carbocycles. The van der Waals surface area contributed by atoms with Crippen LogP contribution in [0.25, 0.3) is 33.8 Å². The van der Waals surface area contributed by atoms with Crippen LogP contribution in [0, 0.1) is 6.92 Å². The number of halogens is 3. The number of alkyl halides is 3. The summed E-state index contributed by atoms with van der Waals surface area (Å²) >= 11 is 0. The number of benzene rings is 2. The molecule has 0 aliphatic carbocycles. The normalized spacial score (nSPS) is 12.3. The third-order valence-electron chi connectivity index (χ3n) is 4.47. The molecule has 0 radical (unpaired) electrons. The second-order valence-corrected chi connectivity index (χ2v) is 6.30. The van der Waals surface area contributed by atoms with Crippen molar-refractivity contribution in [3.8, 4) is 11.7 Å². The van der Waals surface area contributed by atoms with Gasteiger partial charge in [0, 0.05) is 0 Å². The van der Waals surface area contributed by atoms with Crippen molar-refractivity contribution in [2.24, 2.45) is 0 Å². The minimum absolute atomic E-state index is 0.212. The third-order valence-corrected chi connectivity index (χ3v) is 4.47. The number of aryl methyl sites for hydroxylation is 1. The second-order valence-electron chi connectivity index (χ2n) is 6.30. The lowest BCUT2D eigenvalue weighted by Gasteiger charge is -2.09. The molecule has 3 aromatic heterocycles. The zero-order valence-corrected chi connectivity index (χ0v) is 14.5. The Kier molecular flexibility index (Phi) is 3.36. The Hall–Kier alpha value is -3.62. The van der Waals surface area contributed by atoms with Crippen molar-refractivity contribution in [3.63, 3.8) is 0 Å². The Bertz CT molecular complexity index is 1300. The molecule has 0 spiro atoms. The van der Waals surface area contributed by atoms with E-state index in [4.69, 9.17) is 4.42 Å². The maximum atomic E-state index is 13.1. The number of rotatable bonds is 2. The molecule has 0 aliphatic heterocycles. The first-order valence-electron chi connectivity index (χ1n) is 8.39. The molecule has 28 heavy (non-hydrogen) atoms. The summed E-state index contributed by atoms with van der Waals surface area (Å²) in [5, 5.41) is 9.41. The molecule has 0 saturated heterocycles. The maximum Gasteiger partial charge on any atom is 0.416 e. The molecular weight excluding hydrogens is 371 g/mol. The fourth-order valence-electron chi connectivity index (χ4n) is 3.14. The molecule has 0 atom stereocenters. The first kappa shape index (κ1) is 16.5. The van der Waals surface area contributed by atoms with Crippen molar-refractivity contribution in [3.05, 3.63) is 66.0 Å². The van der Waals surface area contributed by atoms with Gasteiger partial charge in [-0.2, -0.15) is 33.0 Å². The van der Waals surface area contributed by atoms with Crippen LogP contribution in [-0.4, -0.2) is 24.5 Å². The molecule has 0 amide bonds. The van der Waals surface area contributed by atoms with Gasteiger partial charge in [0.1, 0.15) is 5.52 Å². The number of oxazole rings is 1. The van der Waals surface area contributed by atoms with E-state index >= 15 is 0 Å². The summed E-state index contributed by atoms with van der Waals surface area (Å²) < 4.78 is 48.0. The van der Waals surface area contributed by atoms with Crippen LogP contribution in [0.5, 0.6) is 0 Å². The fourth-order valence-corrected chi connectivity index (χ4v) is 3.14. The van der Waals surface area contributed by atoms with Gasteiger partial charge >= 0.3 is 12.2 Å². The Labute approximate surface area is 155 Å². The predicted molar refractivity (Wildman–Crippen MR) is 95.5 cm³/mol. The van der Waals surface area contributed by atoms with Crippen LogP contribution in [0.4, 0.5) is 13.2 Å². The highest BCUT2D eigenvalue weighted by atomic mass is 19.4. The molecule has 140 valence electrons. The van der Waals surface area contributed by atoms with Crippen molar-refractivity contribution in [2.45, 2.75) is 13.1 Å². The van der Waals surface area contributed by atoms with Crippen LogP contribution in [0.1, 0.15) is 11.3 Å². The van der Waals surface area contributed by atoms with E-state index in [0.717, 1.165) is 12.1 Å². The van der Waals surface area contributed by atoms with E-state index in [-0.39, 0.29) is 11.7 Å². The lowest BCUT2D eigenvalue weighted by atomic mass is 10.2. The summed E-state index contributed by atoms with van der Waals surface area (Å²) in [6.45, 7) is 1.77. The van der Waals surface area contributed by atoms with Gasteiger partial charge in [-0.3, -0.25) is 0 Å². The molecule has 5 rings (SSSR count). The van der Waals surface area contributed by atoms with E-state index in [0.29, 0.717) is 27.8 Å². The molecule has 3 heterocycles. The largest absolute Gasteiger partial charge is 0.422 e. The quantitative estimate of drug-likeness (QED) is 0.444. The molecular formula is C19H12F3N5O. The highest BCUT2D eigenvalue weighted by Crippen LogP contribution is 2.32. The van der Waals surface area contributed by atoms with Crippen LogP contribution in [0.3, 0.4) is 0 Å². The number of nitrogens with zero attached hydrogens (tertiary/aromatic N) is 5. The average molecular weight is 383 g/mol. The van der Waals surface area contributed by atoms with Crippen molar-refractivity contribution < 1.29 is 17.6 Å². The maximum absolute atomic E-state index is 13.1. The van der Waals surface area contributed by atoms with E-state index in [1.54, 1.807) is 31.3 Å². The molecule has 0 fully saturated rings. The van der Waals surface area contributed by atoms with Crippen molar-refractivity contribution >= 4 is 22.1 Å². The zero-order chi connectivity index (χ0) is 19.5. The Morgan fingerprint density at radius 3 is 2.61 bits per heavy atom. The molecule has 6 nitrogen and oxygen atoms in total. The highest BCUT2D eigenvalue weighted by Gasteiger charge is 2.31. The van der Waals surface area contributed by atoms with E-state index in [9.17, 15) is 13.2 Å². The standard InChI is InChI=1S/C19H12F3N5O/c1-11-14-10-23-27(18-24-15-7-2-3-8-16(15)28-18)17(14)26(25-11)13-6-4-5-12(9-13)19(20,21)22/h2-10H,1H3. The summed E-state index contributed by atoms with van der Waals surface area (Å²) in [4.78, 5) is 4.42. The highest BCUT2D eigenvalue weighted by molar-refractivity contribution is 5.81. The van der Waals surface area contributed by atoms with E-state index in [2.05, 4.69) is 15.2 Å². The van der Waals surface area contributed by atoms with E-state index in [1.165, 1.54) is 15.4 Å². The summed E-state index contributed by atoms with van der Waals surface area (Å²) in [5.74, 6) is 0. The van der Waals surface area contributed by atoms with Crippen LogP contribution >= 0.6 is 0 Å². The SMILES string of the molecule is Cc1nn(-c2cccc(C(F)(F)F)c2)c2c1cnn2-c1nc2ccccc2o1. The predicted octanol–water partition coefficient (Wildman–Crippen LogP) is 4.68. The lowest BCUT2D eigenvalue weighted by molar-refractivity contribution is -0.137. The van der Waals surface area contributed by atoms with E-state index < -0.39 is 11.7 Å². The first-order chi connectivity index (χ1) is 13.4. The first-order valence-corrected chi connectivity index (χ1v) is 8.39. The molecule has 0 aliphatic rings. The minimum Gasteiger partial charge on any atom is -0.422 e. The van der Waals surface area contributed by atoms with Gasteiger partial charge in [0.05, 0.1) is 28.5 Å². The van der Waals surface area contributed by atoms with Gasteiger partial charge in [0.15, 0.2) is 11.2 Å². The number of fused-ring (bicyclic) bond motifs is 2. The van der Waals surface area contributed by atoms with Crippen molar-refractivity contribution in [1.29, 1.82) is 0 Å². The van der Waals surface area contributed by atoms with Crippen LogP contribution in [-0.2, 0) is 6.18 Å². The van der Waals surface area contributed by atoms with Gasteiger partial charge in [0.25, 0.3) is 0 Å². The number of hydrogen-bond acceptors (Lipinski definition) is 4. The van der Waals surface area contributed by atoms with Crippen LogP contribution in [0.15, 0.2) is 59.1 Å². The molecule has 2 aromatic carbocycles. The van der Waals surface area contributed by atoms with Crippen molar-refractivity contribution in [1.82, 2.24) is 24.5 Å². The second kappa shape index (κ2) is 5.69. The fraction of sp³-hybridized carbons (Fsp3) is 0.105. The Morgan fingerprint density at radius 2 is 1.82 bits per heavy atom. The summed E-state index contributed by atoms with van der Waals surface area (Å²) in [6, 6.07) is 12.4. The lowest BCUT2D eigenvalue weighted by Crippen LogP contribution is -2.08. The minimum atomic E-state index is -4.45. The van der Waals surface area contributed by atoms with Gasteiger partial charge in [-0.25, -0.2) is 4.68 Å². The van der Waals surface area contributed by atoms with Crippen LogP contribution in [0.2, 0.25) is 0 Å². The summed E-state index contributed by atoms with van der Waals surface area (Å²) in [6.07, 6.45) is -2.85. The Morgan fingerprint density at radius 1 is 1.00 bits per heavy atom. The Balaban J connectivity index is 1.74. The number of para-hydroxylation sites is 2. The third kappa shape index (κ3) is 2.47. The van der Waals surface area contributed by atoms with Gasteiger partial charge in [-0.1, -0.05) is 18.2 Å². The summed E-state index contributed by atoms with van der Waals surface area (Å²) in [5.41, 5.74) is 1.87. The zero-order valence-electron chi connectivity index (χ0n) is 14.5. The van der Waals surface area contributed by atoms with E-state index in [1.807, 2.05) is 12.1 Å². The van der Waals surface area contributed by atoms with Gasteiger partial charge in [-0.15, -0.1) is 0 Å². The monoisotopic (exact) mass is 383 g/mol. The molecule has 0 N–H and O–H groups in total. The molecule has 5 aromatic rings. The number of hydrogen-bond donors (Lipinski definition) is 0. The average Bonchev–Trinajstić information content (AvgIpc) is 3.35. The molecule has 0 bridgehead atoms. The van der Waals surface area contributed by atoms with Gasteiger partial charge in [-0.05, 0) is 37.3 Å². The molecule has 9 heteroatoms. The molecule has 0 unspecified atom stereocenters. The van der Waals surface area contributed by atoms with Gasteiger partial charge < -0.3 is 4.42 Å². The number of aromatic nitrogens is 5. The van der Waals surface area contributed by atoms with Gasteiger partial charge in [0.2, 0.25) is 0 Å². The van der Waals surface area contributed by atoms with Crippen LogP contribution < -0.4 is 0 Å². The smallest absolute Gasteiger partial charge is 0.416 e. The van der Waals surface area contributed by atoms with Crippen molar-refractivity contribution in [2.75, 3.05) is 0 Å². The topological polar surface area (TPSA) is 61.7 Å².